The van der Waals surface area contributed by atoms with Crippen LogP contribution < -0.4 is 30.1 Å². The number of hydrogen-bond acceptors (Lipinski definition) is 9. The van der Waals surface area contributed by atoms with Crippen LogP contribution in [0.4, 0.5) is 0 Å². The van der Waals surface area contributed by atoms with Crippen molar-refractivity contribution in [3.8, 4) is 39.9 Å². The van der Waals surface area contributed by atoms with Gasteiger partial charge in [-0.1, -0.05) is 43.5 Å². The van der Waals surface area contributed by atoms with Crippen LogP contribution in [0.25, 0.3) is 17.2 Å². The quantitative estimate of drug-likeness (QED) is 0.163. The predicted molar refractivity (Wildman–Crippen MR) is 202 cm³/mol. The first-order chi connectivity index (χ1) is 26.0. The molecule has 0 aromatic heterocycles. The lowest BCUT2D eigenvalue weighted by Crippen LogP contribution is -2.40. The Morgan fingerprint density at radius 1 is 0.887 bits per heavy atom. The van der Waals surface area contributed by atoms with Gasteiger partial charge in [0.2, 0.25) is 0 Å². The van der Waals surface area contributed by atoms with Gasteiger partial charge in [-0.15, -0.1) is 0 Å². The zero-order chi connectivity index (χ0) is 36.1. The van der Waals surface area contributed by atoms with Crippen molar-refractivity contribution in [1.29, 1.82) is 0 Å². The van der Waals surface area contributed by atoms with Crippen molar-refractivity contribution in [3.63, 3.8) is 0 Å². The molecule has 9 heteroatoms. The summed E-state index contributed by atoms with van der Waals surface area (Å²) in [5.41, 5.74) is 8.61. The molecule has 3 heterocycles. The van der Waals surface area contributed by atoms with Gasteiger partial charge in [-0.2, -0.15) is 0 Å². The minimum Gasteiger partial charge on any atom is -0.508 e. The van der Waals surface area contributed by atoms with Gasteiger partial charge in [-0.05, 0) is 114 Å². The van der Waals surface area contributed by atoms with Crippen LogP contribution >= 0.6 is 0 Å². The molecule has 4 N–H and O–H groups in total. The van der Waals surface area contributed by atoms with Crippen molar-refractivity contribution >= 4 is 6.08 Å². The number of ether oxygens (including phenoxy) is 4. The van der Waals surface area contributed by atoms with E-state index in [9.17, 15) is 15.3 Å². The normalized spacial score (nSPS) is 22.8. The number of nitrogens with one attached hydrogen (secondary N) is 1. The molecule has 4 aromatic carbocycles. The summed E-state index contributed by atoms with van der Waals surface area (Å²) in [7, 11) is 1.56. The molecule has 1 saturated carbocycles. The number of aliphatic hydroxyl groups is 1. The average molecular weight is 717 g/mol. The molecule has 1 fully saturated rings. The number of methoxy groups -OCH3 is 1. The highest BCUT2D eigenvalue weighted by molar-refractivity contribution is 5.85. The van der Waals surface area contributed by atoms with E-state index in [1.54, 1.807) is 19.2 Å². The summed E-state index contributed by atoms with van der Waals surface area (Å²) >= 11 is 0. The number of phenolic OH excluding ortho intramolecular Hbond substituents is 2. The van der Waals surface area contributed by atoms with Crippen molar-refractivity contribution < 1.29 is 34.3 Å². The van der Waals surface area contributed by atoms with Crippen LogP contribution in [0.1, 0.15) is 83.9 Å². The number of aromatic hydroxyl groups is 2. The first-order valence-corrected chi connectivity index (χ1v) is 19.3. The fraction of sp³-hybridized carbons (Fsp3) is 0.432. The summed E-state index contributed by atoms with van der Waals surface area (Å²) in [6, 6.07) is 18.1. The van der Waals surface area contributed by atoms with Crippen molar-refractivity contribution in [2.24, 2.45) is 4.99 Å². The number of fused-ring (bicyclic) bond motifs is 9. The van der Waals surface area contributed by atoms with Gasteiger partial charge >= 0.3 is 0 Å². The molecule has 0 spiro atoms. The van der Waals surface area contributed by atoms with Gasteiger partial charge in [0.05, 0.1) is 32.3 Å². The van der Waals surface area contributed by atoms with E-state index in [0.717, 1.165) is 82.5 Å². The van der Waals surface area contributed by atoms with Gasteiger partial charge in [-0.3, -0.25) is 10.3 Å². The molecule has 276 valence electrons. The molecule has 0 unspecified atom stereocenters. The number of nitrogens with zero attached hydrogens (tertiary/aromatic N) is 1. The maximum Gasteiger partial charge on any atom is 0.160 e. The number of rotatable bonds is 9. The molecule has 0 saturated heterocycles. The van der Waals surface area contributed by atoms with Crippen LogP contribution in [0.5, 0.6) is 28.7 Å². The van der Waals surface area contributed by atoms with E-state index in [1.807, 2.05) is 24.3 Å². The maximum atomic E-state index is 10.8. The van der Waals surface area contributed by atoms with Crippen LogP contribution in [-0.2, 0) is 30.4 Å². The van der Waals surface area contributed by atoms with Crippen molar-refractivity contribution in [2.45, 2.75) is 94.5 Å². The molecular weight excluding hydrogens is 668 g/mol. The number of benzene rings is 4. The predicted octanol–water partition coefficient (Wildman–Crippen LogP) is 5.70. The Hall–Kier alpha value is -4.57. The van der Waals surface area contributed by atoms with Gasteiger partial charge in [0.25, 0.3) is 0 Å². The van der Waals surface area contributed by atoms with Gasteiger partial charge in [0.1, 0.15) is 29.5 Å². The molecule has 3 aliphatic heterocycles. The van der Waals surface area contributed by atoms with Crippen molar-refractivity contribution in [1.82, 2.24) is 5.32 Å². The third kappa shape index (κ3) is 6.43. The van der Waals surface area contributed by atoms with Crippen LogP contribution in [-0.4, -0.2) is 60.6 Å². The summed E-state index contributed by atoms with van der Waals surface area (Å²) < 4.78 is 26.2. The van der Waals surface area contributed by atoms with Crippen molar-refractivity contribution in [3.05, 3.63) is 98.6 Å². The third-order valence-corrected chi connectivity index (χ3v) is 12.1. The summed E-state index contributed by atoms with van der Waals surface area (Å²) in [5, 5.41) is 37.5. The van der Waals surface area contributed by atoms with Gasteiger partial charge < -0.3 is 34.3 Å². The smallest absolute Gasteiger partial charge is 0.160 e. The molecule has 9 rings (SSSR count). The SMILES string of the molecule is COc1cc([C@H]2Oc3c(c4c(c5c3CC[C@H](CO)O5)-c3ccc(O)cc3[C@@H](Cc3ccc5c(c3)=CCN=5)C4)C[C@H]2OCNC2CCCCC2)ccc1O. The second-order valence-corrected chi connectivity index (χ2v) is 15.3. The third-order valence-electron chi connectivity index (χ3n) is 12.1. The first kappa shape index (κ1) is 34.2. The molecular formula is C44H48N2O7. The zero-order valence-corrected chi connectivity index (χ0v) is 30.3. The summed E-state index contributed by atoms with van der Waals surface area (Å²) in [6.45, 7) is 1.06. The first-order valence-electron chi connectivity index (χ1n) is 19.3. The fourth-order valence-corrected chi connectivity index (χ4v) is 9.36. The van der Waals surface area contributed by atoms with Gasteiger partial charge in [0.15, 0.2) is 17.6 Å². The Labute approximate surface area is 309 Å². The van der Waals surface area contributed by atoms with E-state index in [2.05, 4.69) is 34.6 Å². The lowest BCUT2D eigenvalue weighted by molar-refractivity contribution is -0.0486. The van der Waals surface area contributed by atoms with Gasteiger partial charge in [-0.25, -0.2) is 0 Å². The zero-order valence-electron chi connectivity index (χ0n) is 30.3. The molecule has 0 bridgehead atoms. The Bertz CT molecular complexity index is 2160. The lowest BCUT2D eigenvalue weighted by Gasteiger charge is -2.41. The van der Waals surface area contributed by atoms with Crippen LogP contribution in [0.15, 0.2) is 59.6 Å². The highest BCUT2D eigenvalue weighted by Crippen LogP contribution is 2.56. The summed E-state index contributed by atoms with van der Waals surface area (Å²) in [6.07, 6.45) is 10.7. The molecule has 2 aliphatic carbocycles. The molecule has 5 aliphatic rings. The minimum absolute atomic E-state index is 0.0708. The van der Waals surface area contributed by atoms with Crippen LogP contribution in [0, 0.1) is 0 Å². The number of aliphatic hydroxyl groups excluding tert-OH is 1. The monoisotopic (exact) mass is 716 g/mol. The molecule has 53 heavy (non-hydrogen) atoms. The highest BCUT2D eigenvalue weighted by Gasteiger charge is 2.42. The number of phenols is 2. The molecule has 0 radical (unpaired) electrons. The van der Waals surface area contributed by atoms with Gasteiger partial charge in [0, 0.05) is 29.2 Å². The Balaban J connectivity index is 1.16. The maximum absolute atomic E-state index is 10.8. The lowest BCUT2D eigenvalue weighted by atomic mass is 9.72. The van der Waals surface area contributed by atoms with E-state index < -0.39 is 6.10 Å². The largest absolute Gasteiger partial charge is 0.508 e. The molecule has 9 nitrogen and oxygen atoms in total. The van der Waals surface area contributed by atoms with E-state index in [4.69, 9.17) is 18.9 Å². The molecule has 4 aromatic rings. The van der Waals surface area contributed by atoms with Crippen LogP contribution in [0.3, 0.4) is 0 Å². The van der Waals surface area contributed by atoms with E-state index in [-0.39, 0.29) is 36.2 Å². The second-order valence-electron chi connectivity index (χ2n) is 15.3. The second kappa shape index (κ2) is 14.3. The van der Waals surface area contributed by atoms with Crippen molar-refractivity contribution in [2.75, 3.05) is 27.0 Å². The Morgan fingerprint density at radius 2 is 1.77 bits per heavy atom. The Kier molecular flexibility index (Phi) is 9.26. The summed E-state index contributed by atoms with van der Waals surface area (Å²) in [5.74, 6) is 2.40. The van der Waals surface area contributed by atoms with E-state index >= 15 is 0 Å². The Morgan fingerprint density at radius 3 is 2.62 bits per heavy atom. The standard InChI is InChI=1S/C44H48N2O7/c1-50-39-20-27(8-14-38(39)49)42-40(51-24-46-29-5-3-2-4-6-29)22-36-35-19-28(18-25-7-13-37-26(17-25)15-16-45-37)34-21-30(48)9-11-32(34)41(35)44-33(43(36)53-42)12-10-31(23-47)52-44/h7-9,11,13-15,17,20-21,28-29,31,40,42,46-49H,2-6,10,12,16,18-19,22-24H2,1H3/t28-,31+,40+,42+/m0/s1. The topological polar surface area (TPSA) is 122 Å². The fourth-order valence-electron chi connectivity index (χ4n) is 9.36. The molecule has 4 atom stereocenters. The van der Waals surface area contributed by atoms with E-state index in [1.165, 1.54) is 35.6 Å². The minimum atomic E-state index is -0.459. The average Bonchev–Trinajstić information content (AvgIpc) is 3.66. The number of hydrogen-bond donors (Lipinski definition) is 4. The summed E-state index contributed by atoms with van der Waals surface area (Å²) in [4.78, 5) is 4.59. The molecule has 0 amide bonds. The van der Waals surface area contributed by atoms with E-state index in [0.29, 0.717) is 37.8 Å². The highest BCUT2D eigenvalue weighted by atomic mass is 16.6. The van der Waals surface area contributed by atoms with Crippen LogP contribution in [0.2, 0.25) is 0 Å².